The minimum absolute atomic E-state index is 0.0495. The summed E-state index contributed by atoms with van der Waals surface area (Å²) < 4.78 is 5.37. The highest BCUT2D eigenvalue weighted by Crippen LogP contribution is 2.37. The van der Waals surface area contributed by atoms with Crippen molar-refractivity contribution in [2.45, 2.75) is 31.3 Å². The molecule has 0 saturated heterocycles. The third kappa shape index (κ3) is 2.18. The molecule has 2 N–H and O–H groups in total. The lowest BCUT2D eigenvalue weighted by atomic mass is 9.77. The molecule has 1 aliphatic carbocycles. The van der Waals surface area contributed by atoms with Gasteiger partial charge in [-0.2, -0.15) is 0 Å². The molecule has 1 aromatic heterocycles. The first kappa shape index (κ1) is 10.2. The van der Waals surface area contributed by atoms with E-state index < -0.39 is 0 Å². The number of imidazole rings is 1. The maximum Gasteiger partial charge on any atom is 0.229 e. The molecule has 0 unspecified atom stereocenters. The van der Waals surface area contributed by atoms with Gasteiger partial charge in [0.2, 0.25) is 11.9 Å². The van der Waals surface area contributed by atoms with Crippen LogP contribution in [0.2, 0.25) is 0 Å². The second-order valence-electron chi connectivity index (χ2n) is 3.90. The minimum Gasteiger partial charge on any atom is -0.378 e. The minimum atomic E-state index is -0.226. The highest BCUT2D eigenvalue weighted by Gasteiger charge is 2.39. The number of amides is 1. The van der Waals surface area contributed by atoms with Gasteiger partial charge in [-0.25, -0.2) is 4.98 Å². The van der Waals surface area contributed by atoms with Crippen molar-refractivity contribution < 1.29 is 9.53 Å². The summed E-state index contributed by atoms with van der Waals surface area (Å²) in [5.74, 6) is 0.442. The largest absolute Gasteiger partial charge is 0.378 e. The Morgan fingerprint density at radius 3 is 3.00 bits per heavy atom. The molecule has 15 heavy (non-hydrogen) atoms. The molecule has 5 heteroatoms. The third-order valence-electron chi connectivity index (χ3n) is 2.94. The second kappa shape index (κ2) is 4.02. The summed E-state index contributed by atoms with van der Waals surface area (Å²) in [5, 5.41) is 2.69. The van der Waals surface area contributed by atoms with Gasteiger partial charge in [0, 0.05) is 19.5 Å². The van der Waals surface area contributed by atoms with Crippen LogP contribution in [0.25, 0.3) is 0 Å². The predicted molar refractivity (Wildman–Crippen MR) is 55.4 cm³/mol. The number of ether oxygens (including phenoxy) is 1. The van der Waals surface area contributed by atoms with Crippen molar-refractivity contribution in [2.24, 2.45) is 0 Å². The number of aromatic amines is 1. The topological polar surface area (TPSA) is 67.0 Å². The van der Waals surface area contributed by atoms with Crippen LogP contribution in [0.15, 0.2) is 12.4 Å². The van der Waals surface area contributed by atoms with E-state index in [1.165, 1.54) is 0 Å². The fourth-order valence-corrected chi connectivity index (χ4v) is 1.83. The second-order valence-corrected chi connectivity index (χ2v) is 3.90. The van der Waals surface area contributed by atoms with Gasteiger partial charge in [0.15, 0.2) is 0 Å². The molecular formula is C10H15N3O2. The summed E-state index contributed by atoms with van der Waals surface area (Å²) in [7, 11) is 1.67. The van der Waals surface area contributed by atoms with E-state index in [1.54, 1.807) is 19.5 Å². The van der Waals surface area contributed by atoms with Crippen LogP contribution in [-0.4, -0.2) is 28.6 Å². The molecule has 1 aliphatic rings. The average Bonchev–Trinajstić information content (AvgIpc) is 2.64. The van der Waals surface area contributed by atoms with Crippen molar-refractivity contribution in [3.05, 3.63) is 12.4 Å². The molecule has 5 nitrogen and oxygen atoms in total. The van der Waals surface area contributed by atoms with Crippen LogP contribution in [-0.2, 0) is 9.53 Å². The molecule has 1 aromatic rings. The van der Waals surface area contributed by atoms with Gasteiger partial charge >= 0.3 is 0 Å². The maximum atomic E-state index is 11.6. The van der Waals surface area contributed by atoms with Crippen LogP contribution in [0.3, 0.4) is 0 Å². The van der Waals surface area contributed by atoms with E-state index in [9.17, 15) is 4.79 Å². The highest BCUT2D eigenvalue weighted by atomic mass is 16.5. The van der Waals surface area contributed by atoms with Gasteiger partial charge in [-0.15, -0.1) is 0 Å². The molecule has 1 amide bonds. The Morgan fingerprint density at radius 1 is 1.73 bits per heavy atom. The zero-order chi connectivity index (χ0) is 10.7. The van der Waals surface area contributed by atoms with Crippen LogP contribution in [0.5, 0.6) is 0 Å². The van der Waals surface area contributed by atoms with Crippen LogP contribution in [0.4, 0.5) is 5.95 Å². The van der Waals surface area contributed by atoms with Crippen molar-refractivity contribution >= 4 is 11.9 Å². The number of anilines is 1. The molecule has 0 aliphatic heterocycles. The van der Waals surface area contributed by atoms with E-state index >= 15 is 0 Å². The molecule has 0 aromatic carbocycles. The van der Waals surface area contributed by atoms with E-state index in [-0.39, 0.29) is 11.5 Å². The van der Waals surface area contributed by atoms with Crippen molar-refractivity contribution in [2.75, 3.05) is 12.4 Å². The number of hydrogen-bond acceptors (Lipinski definition) is 3. The summed E-state index contributed by atoms with van der Waals surface area (Å²) >= 11 is 0. The first-order chi connectivity index (χ1) is 7.24. The van der Waals surface area contributed by atoms with Gasteiger partial charge in [-0.3, -0.25) is 10.1 Å². The van der Waals surface area contributed by atoms with Gasteiger partial charge < -0.3 is 9.72 Å². The number of nitrogens with zero attached hydrogens (tertiary/aromatic N) is 1. The number of rotatable bonds is 4. The van der Waals surface area contributed by atoms with E-state index in [0.717, 1.165) is 19.3 Å². The lowest BCUT2D eigenvalue weighted by Gasteiger charge is -2.39. The van der Waals surface area contributed by atoms with Crippen LogP contribution in [0.1, 0.15) is 25.7 Å². The standard InChI is InChI=1S/C10H15N3O2/c1-15-10(3-2-4-10)7-8(14)13-9-11-5-6-12-9/h5-6H,2-4,7H2,1H3,(H2,11,12,13,14). The van der Waals surface area contributed by atoms with Crippen molar-refractivity contribution in [3.63, 3.8) is 0 Å². The Morgan fingerprint density at radius 2 is 2.53 bits per heavy atom. The molecule has 1 heterocycles. The van der Waals surface area contributed by atoms with Crippen molar-refractivity contribution in [3.8, 4) is 0 Å². The summed E-state index contributed by atoms with van der Waals surface area (Å²) in [6.45, 7) is 0. The molecule has 1 fully saturated rings. The summed E-state index contributed by atoms with van der Waals surface area (Å²) in [4.78, 5) is 18.4. The van der Waals surface area contributed by atoms with Gasteiger partial charge in [0.05, 0.1) is 12.0 Å². The Kier molecular flexibility index (Phi) is 2.73. The SMILES string of the molecule is COC1(CC(=O)Nc2ncc[nH]2)CCC1. The number of aromatic nitrogens is 2. The third-order valence-corrected chi connectivity index (χ3v) is 2.94. The molecule has 82 valence electrons. The molecule has 0 atom stereocenters. The van der Waals surface area contributed by atoms with Crippen LogP contribution >= 0.6 is 0 Å². The fourth-order valence-electron chi connectivity index (χ4n) is 1.83. The number of carbonyl (C=O) groups excluding carboxylic acids is 1. The first-order valence-corrected chi connectivity index (χ1v) is 5.08. The number of hydrogen-bond donors (Lipinski definition) is 2. The monoisotopic (exact) mass is 209 g/mol. The highest BCUT2D eigenvalue weighted by molar-refractivity contribution is 5.89. The van der Waals surface area contributed by atoms with Crippen molar-refractivity contribution in [1.29, 1.82) is 0 Å². The number of carbonyl (C=O) groups is 1. The van der Waals surface area contributed by atoms with E-state index in [1.807, 2.05) is 0 Å². The quantitative estimate of drug-likeness (QED) is 0.785. The molecule has 2 rings (SSSR count). The summed E-state index contributed by atoms with van der Waals surface area (Å²) in [5.41, 5.74) is -0.226. The number of nitrogens with one attached hydrogen (secondary N) is 2. The maximum absolute atomic E-state index is 11.6. The first-order valence-electron chi connectivity index (χ1n) is 5.08. The van der Waals surface area contributed by atoms with Gasteiger partial charge in [-0.05, 0) is 19.3 Å². The molecule has 0 radical (unpaired) electrons. The molecular weight excluding hydrogens is 194 g/mol. The van der Waals surface area contributed by atoms with Crippen LogP contribution < -0.4 is 5.32 Å². The molecule has 0 spiro atoms. The lowest BCUT2D eigenvalue weighted by Crippen LogP contribution is -2.42. The Balaban J connectivity index is 1.87. The smallest absolute Gasteiger partial charge is 0.229 e. The van der Waals surface area contributed by atoms with Crippen molar-refractivity contribution in [1.82, 2.24) is 9.97 Å². The van der Waals surface area contributed by atoms with Crippen LogP contribution in [0, 0.1) is 0 Å². The number of H-pyrrole nitrogens is 1. The van der Waals surface area contributed by atoms with Gasteiger partial charge in [0.1, 0.15) is 0 Å². The Labute approximate surface area is 88.2 Å². The normalized spacial score (nSPS) is 18.2. The van der Waals surface area contributed by atoms with E-state index in [2.05, 4.69) is 15.3 Å². The number of methoxy groups -OCH3 is 1. The van der Waals surface area contributed by atoms with E-state index in [4.69, 9.17) is 4.74 Å². The summed E-state index contributed by atoms with van der Waals surface area (Å²) in [6.07, 6.45) is 6.76. The zero-order valence-electron chi connectivity index (χ0n) is 8.75. The fraction of sp³-hybridized carbons (Fsp3) is 0.600. The Bertz CT molecular complexity index is 325. The molecule has 0 bridgehead atoms. The lowest BCUT2D eigenvalue weighted by molar-refractivity contribution is -0.129. The Hall–Kier alpha value is -1.36. The predicted octanol–water partition coefficient (Wildman–Crippen LogP) is 1.31. The average molecular weight is 209 g/mol. The zero-order valence-corrected chi connectivity index (χ0v) is 8.75. The molecule has 1 saturated carbocycles. The summed E-state index contributed by atoms with van der Waals surface area (Å²) in [6, 6.07) is 0. The van der Waals surface area contributed by atoms with Gasteiger partial charge in [-0.1, -0.05) is 0 Å². The van der Waals surface area contributed by atoms with E-state index in [0.29, 0.717) is 12.4 Å². The van der Waals surface area contributed by atoms with Gasteiger partial charge in [0.25, 0.3) is 0 Å².